The highest BCUT2D eigenvalue weighted by atomic mass is 16.5. The predicted octanol–water partition coefficient (Wildman–Crippen LogP) is 7.74. The van der Waals surface area contributed by atoms with Gasteiger partial charge in [-0.15, -0.1) is 0 Å². The second-order valence-electron chi connectivity index (χ2n) is 9.71. The molecule has 3 rings (SSSR count). The Hall–Kier alpha value is -3.48. The molecule has 2 aromatic carbocycles. The third kappa shape index (κ3) is 8.77. The Morgan fingerprint density at radius 3 is 1.95 bits per heavy atom. The monoisotopic (exact) mass is 548 g/mol. The van der Waals surface area contributed by atoms with E-state index in [1.807, 2.05) is 24.3 Å². The van der Waals surface area contributed by atoms with Gasteiger partial charge in [-0.25, -0.2) is 0 Å². The fourth-order valence-corrected chi connectivity index (χ4v) is 4.32. The summed E-state index contributed by atoms with van der Waals surface area (Å²) < 4.78 is 34.6. The lowest BCUT2D eigenvalue weighted by molar-refractivity contribution is -0.0318. The smallest absolute Gasteiger partial charge is 0.203 e. The first-order valence-corrected chi connectivity index (χ1v) is 13.9. The average molecular weight is 549 g/mol. The van der Waals surface area contributed by atoms with Gasteiger partial charge in [0.2, 0.25) is 5.75 Å². The summed E-state index contributed by atoms with van der Waals surface area (Å²) in [6, 6.07) is 12.3. The minimum absolute atomic E-state index is 0.0605. The highest BCUT2D eigenvalue weighted by Crippen LogP contribution is 2.39. The van der Waals surface area contributed by atoms with E-state index in [1.165, 1.54) is 0 Å². The van der Waals surface area contributed by atoms with Crippen LogP contribution in [-0.4, -0.2) is 53.4 Å². The van der Waals surface area contributed by atoms with Crippen LogP contribution in [0.2, 0.25) is 0 Å². The first-order chi connectivity index (χ1) is 19.4. The Morgan fingerprint density at radius 1 is 0.825 bits per heavy atom. The Balaban J connectivity index is 1.75. The summed E-state index contributed by atoms with van der Waals surface area (Å²) in [5.74, 6) is 2.75. The van der Waals surface area contributed by atoms with E-state index in [4.69, 9.17) is 28.4 Å². The van der Waals surface area contributed by atoms with Gasteiger partial charge in [0.1, 0.15) is 11.9 Å². The van der Waals surface area contributed by atoms with E-state index < -0.39 is 0 Å². The molecule has 0 amide bonds. The maximum absolute atomic E-state index is 6.23. The second kappa shape index (κ2) is 15.9. The molecule has 2 aromatic rings. The second-order valence-corrected chi connectivity index (χ2v) is 9.71. The van der Waals surface area contributed by atoms with Crippen molar-refractivity contribution in [2.75, 3.05) is 35.0 Å². The summed E-state index contributed by atoms with van der Waals surface area (Å²) in [6.07, 6.45) is 15.0. The minimum Gasteiger partial charge on any atom is -0.498 e. The standard InChI is InChI=1S/C34H44O6/c1-8-18-39-34-32(37-6)21-28(22-33(34)38-7)17-15-26-12-10-25(11-13-26)14-16-27-19-29(35-4)23-31(30(20-27)36-5)40-24(3)9-2/h10-17,19-22,24,29,31H,8-9,18,23H2,1-7H3/b16-14+,17-15+. The number of rotatable bonds is 14. The lowest BCUT2D eigenvalue weighted by Crippen LogP contribution is -2.26. The Kier molecular flexibility index (Phi) is 12.4. The zero-order chi connectivity index (χ0) is 28.9. The molecule has 0 heterocycles. The van der Waals surface area contributed by atoms with Gasteiger partial charge in [-0.2, -0.15) is 0 Å². The van der Waals surface area contributed by atoms with Crippen molar-refractivity contribution in [1.29, 1.82) is 0 Å². The lowest BCUT2D eigenvalue weighted by Gasteiger charge is -2.24. The molecule has 6 heteroatoms. The van der Waals surface area contributed by atoms with Crippen molar-refractivity contribution in [1.82, 2.24) is 0 Å². The zero-order valence-corrected chi connectivity index (χ0v) is 24.9. The van der Waals surface area contributed by atoms with Crippen molar-refractivity contribution >= 4 is 18.2 Å². The maximum atomic E-state index is 6.23. The van der Waals surface area contributed by atoms with Crippen LogP contribution < -0.4 is 14.2 Å². The average Bonchev–Trinajstić information content (AvgIpc) is 3.16. The van der Waals surface area contributed by atoms with Crippen LogP contribution in [0.3, 0.4) is 0 Å². The fraction of sp³-hybridized carbons (Fsp3) is 0.412. The molecule has 0 saturated carbocycles. The van der Waals surface area contributed by atoms with E-state index in [2.05, 4.69) is 69.3 Å². The van der Waals surface area contributed by atoms with Crippen molar-refractivity contribution < 1.29 is 28.4 Å². The normalized spacial score (nSPS) is 18.3. The number of ether oxygens (including phenoxy) is 6. The molecule has 0 N–H and O–H groups in total. The van der Waals surface area contributed by atoms with E-state index in [0.29, 0.717) is 30.3 Å². The van der Waals surface area contributed by atoms with Gasteiger partial charge in [0.25, 0.3) is 0 Å². The first kappa shape index (κ1) is 31.1. The van der Waals surface area contributed by atoms with E-state index in [0.717, 1.165) is 40.9 Å². The molecule has 0 fully saturated rings. The summed E-state index contributed by atoms with van der Waals surface area (Å²) in [5.41, 5.74) is 4.17. The van der Waals surface area contributed by atoms with Crippen LogP contribution in [0.1, 0.15) is 56.7 Å². The quantitative estimate of drug-likeness (QED) is 0.225. The fourth-order valence-electron chi connectivity index (χ4n) is 4.32. The molecule has 40 heavy (non-hydrogen) atoms. The predicted molar refractivity (Wildman–Crippen MR) is 163 cm³/mol. The Labute approximate surface area is 239 Å². The summed E-state index contributed by atoms with van der Waals surface area (Å²) in [4.78, 5) is 0. The molecule has 0 saturated heterocycles. The number of hydrogen-bond donors (Lipinski definition) is 0. The van der Waals surface area contributed by atoms with Crippen LogP contribution in [0.5, 0.6) is 17.2 Å². The minimum atomic E-state index is -0.141. The molecule has 3 atom stereocenters. The van der Waals surface area contributed by atoms with Crippen molar-refractivity contribution in [3.05, 3.63) is 82.6 Å². The highest BCUT2D eigenvalue weighted by molar-refractivity contribution is 5.73. The molecule has 1 aliphatic carbocycles. The highest BCUT2D eigenvalue weighted by Gasteiger charge is 2.25. The van der Waals surface area contributed by atoms with Gasteiger partial charge in [-0.1, -0.05) is 62.4 Å². The van der Waals surface area contributed by atoms with Crippen LogP contribution in [0.15, 0.2) is 66.0 Å². The third-order valence-electron chi connectivity index (χ3n) is 6.77. The van der Waals surface area contributed by atoms with E-state index in [-0.39, 0.29) is 18.3 Å². The van der Waals surface area contributed by atoms with E-state index in [9.17, 15) is 0 Å². The lowest BCUT2D eigenvalue weighted by atomic mass is 10.1. The third-order valence-corrected chi connectivity index (χ3v) is 6.77. The molecular weight excluding hydrogens is 504 g/mol. The van der Waals surface area contributed by atoms with Gasteiger partial charge >= 0.3 is 0 Å². The number of hydrogen-bond acceptors (Lipinski definition) is 6. The summed E-state index contributed by atoms with van der Waals surface area (Å²) in [6.45, 7) is 6.87. The largest absolute Gasteiger partial charge is 0.498 e. The number of benzene rings is 2. The summed E-state index contributed by atoms with van der Waals surface area (Å²) >= 11 is 0. The van der Waals surface area contributed by atoms with Crippen LogP contribution >= 0.6 is 0 Å². The van der Waals surface area contributed by atoms with Gasteiger partial charge < -0.3 is 28.4 Å². The summed E-state index contributed by atoms with van der Waals surface area (Å²) in [7, 11) is 6.70. The molecule has 0 aromatic heterocycles. The number of allylic oxidation sites excluding steroid dienone is 3. The van der Waals surface area contributed by atoms with Crippen molar-refractivity contribution in [3.63, 3.8) is 0 Å². The van der Waals surface area contributed by atoms with Crippen LogP contribution in [0.4, 0.5) is 0 Å². The van der Waals surface area contributed by atoms with Crippen molar-refractivity contribution in [2.24, 2.45) is 0 Å². The van der Waals surface area contributed by atoms with Gasteiger partial charge in [0.15, 0.2) is 11.5 Å². The van der Waals surface area contributed by atoms with E-state index in [1.54, 1.807) is 28.4 Å². The Morgan fingerprint density at radius 2 is 1.43 bits per heavy atom. The topological polar surface area (TPSA) is 55.4 Å². The molecule has 216 valence electrons. The van der Waals surface area contributed by atoms with E-state index >= 15 is 0 Å². The van der Waals surface area contributed by atoms with Gasteiger partial charge in [-0.05, 0) is 66.3 Å². The van der Waals surface area contributed by atoms with Crippen molar-refractivity contribution in [2.45, 2.75) is 58.3 Å². The van der Waals surface area contributed by atoms with Crippen LogP contribution in [0, 0.1) is 0 Å². The molecule has 0 bridgehead atoms. The SMILES string of the molecule is CCCOc1c(OC)cc(/C=C/c2ccc(/C=C/C3=CC(OC)CC(OC(C)CC)C(OC)=C3)cc2)cc1OC. The van der Waals surface area contributed by atoms with Crippen LogP contribution in [-0.2, 0) is 14.2 Å². The molecule has 0 aliphatic heterocycles. The zero-order valence-electron chi connectivity index (χ0n) is 24.9. The molecule has 0 radical (unpaired) electrons. The van der Waals surface area contributed by atoms with Gasteiger partial charge in [0.05, 0.1) is 40.1 Å². The molecule has 3 unspecified atom stereocenters. The maximum Gasteiger partial charge on any atom is 0.203 e. The molecular formula is C34H44O6. The molecule has 6 nitrogen and oxygen atoms in total. The molecule has 1 aliphatic rings. The first-order valence-electron chi connectivity index (χ1n) is 13.9. The Bertz CT molecular complexity index is 1170. The van der Waals surface area contributed by atoms with Gasteiger partial charge in [0, 0.05) is 13.5 Å². The molecule has 0 spiro atoms. The van der Waals surface area contributed by atoms with Crippen molar-refractivity contribution in [3.8, 4) is 17.2 Å². The number of methoxy groups -OCH3 is 4. The van der Waals surface area contributed by atoms with Crippen LogP contribution in [0.25, 0.3) is 18.2 Å². The summed E-state index contributed by atoms with van der Waals surface area (Å²) in [5, 5.41) is 0. The van der Waals surface area contributed by atoms with Gasteiger partial charge in [-0.3, -0.25) is 0 Å².